The van der Waals surface area contributed by atoms with Crippen LogP contribution < -0.4 is 15.1 Å². The first kappa shape index (κ1) is 18.9. The highest BCUT2D eigenvalue weighted by atomic mass is 19.1. The Kier molecular flexibility index (Phi) is 5.12. The first-order valence-electron chi connectivity index (χ1n) is 9.49. The Morgan fingerprint density at radius 1 is 1.14 bits per heavy atom. The molecule has 0 saturated heterocycles. The van der Waals surface area contributed by atoms with Gasteiger partial charge in [-0.25, -0.2) is 14.2 Å². The van der Waals surface area contributed by atoms with Gasteiger partial charge in [0.15, 0.2) is 5.82 Å². The summed E-state index contributed by atoms with van der Waals surface area (Å²) in [6, 6.07) is 13.0. The van der Waals surface area contributed by atoms with Crippen molar-refractivity contribution in [1.29, 1.82) is 0 Å². The van der Waals surface area contributed by atoms with Gasteiger partial charge < -0.3 is 10.2 Å². The van der Waals surface area contributed by atoms with Gasteiger partial charge in [0.05, 0.1) is 29.5 Å². The number of carbonyl (C=O) groups excluding carboxylic acids is 1. The topological polar surface area (TPSA) is 61.4 Å². The summed E-state index contributed by atoms with van der Waals surface area (Å²) in [5.41, 5.74) is 4.13. The number of nitrogens with zero attached hydrogens (tertiary/aromatic N) is 4. The lowest BCUT2D eigenvalue weighted by atomic mass is 10.1. The van der Waals surface area contributed by atoms with Crippen LogP contribution in [0.1, 0.15) is 12.0 Å². The SMILES string of the molecule is Cc1cccc(-c2ccc3c(n2)N(C(=O)Nc2cncc(F)c2)CCCN3C)c1. The largest absolute Gasteiger partial charge is 0.372 e. The van der Waals surface area contributed by atoms with E-state index in [4.69, 9.17) is 4.98 Å². The van der Waals surface area contributed by atoms with Crippen LogP contribution in [0.5, 0.6) is 0 Å². The Balaban J connectivity index is 1.71. The van der Waals surface area contributed by atoms with Crippen LogP contribution in [-0.4, -0.2) is 36.1 Å². The highest BCUT2D eigenvalue weighted by Gasteiger charge is 2.25. The number of carbonyl (C=O) groups is 1. The minimum Gasteiger partial charge on any atom is -0.372 e. The molecule has 4 rings (SSSR count). The number of urea groups is 1. The molecule has 0 spiro atoms. The van der Waals surface area contributed by atoms with E-state index >= 15 is 0 Å². The fourth-order valence-electron chi connectivity index (χ4n) is 3.46. The van der Waals surface area contributed by atoms with E-state index in [1.165, 1.54) is 12.3 Å². The van der Waals surface area contributed by atoms with Gasteiger partial charge in [0.2, 0.25) is 0 Å². The van der Waals surface area contributed by atoms with Gasteiger partial charge in [-0.05, 0) is 31.5 Å². The number of aromatic nitrogens is 2. The zero-order valence-electron chi connectivity index (χ0n) is 16.4. The van der Waals surface area contributed by atoms with Crippen LogP contribution in [0.4, 0.5) is 26.4 Å². The van der Waals surface area contributed by atoms with Crippen LogP contribution in [0.25, 0.3) is 11.3 Å². The molecule has 2 aromatic heterocycles. The lowest BCUT2D eigenvalue weighted by molar-refractivity contribution is 0.257. The van der Waals surface area contributed by atoms with E-state index in [9.17, 15) is 9.18 Å². The molecule has 1 N–H and O–H groups in total. The van der Waals surface area contributed by atoms with Crippen molar-refractivity contribution in [2.45, 2.75) is 13.3 Å². The number of halogens is 1. The summed E-state index contributed by atoms with van der Waals surface area (Å²) < 4.78 is 13.4. The molecule has 0 bridgehead atoms. The zero-order chi connectivity index (χ0) is 20.4. The summed E-state index contributed by atoms with van der Waals surface area (Å²) in [6.07, 6.45) is 3.31. The van der Waals surface area contributed by atoms with E-state index in [1.807, 2.05) is 44.3 Å². The quantitative estimate of drug-likeness (QED) is 0.700. The Morgan fingerprint density at radius 2 is 2.00 bits per heavy atom. The summed E-state index contributed by atoms with van der Waals surface area (Å²) in [6.45, 7) is 3.35. The first-order valence-corrected chi connectivity index (χ1v) is 9.49. The van der Waals surface area contributed by atoms with Crippen LogP contribution >= 0.6 is 0 Å². The second-order valence-corrected chi connectivity index (χ2v) is 7.16. The summed E-state index contributed by atoms with van der Waals surface area (Å²) in [5, 5.41) is 2.73. The second-order valence-electron chi connectivity index (χ2n) is 7.16. The molecule has 7 heteroatoms. The predicted octanol–water partition coefficient (Wildman–Crippen LogP) is 4.47. The van der Waals surface area contributed by atoms with Gasteiger partial charge in [-0.1, -0.05) is 23.8 Å². The molecule has 0 fully saturated rings. The van der Waals surface area contributed by atoms with Gasteiger partial charge in [0, 0.05) is 31.8 Å². The maximum absolute atomic E-state index is 13.4. The number of fused-ring (bicyclic) bond motifs is 1. The monoisotopic (exact) mass is 391 g/mol. The maximum atomic E-state index is 13.4. The van der Waals surface area contributed by atoms with Crippen LogP contribution in [0.15, 0.2) is 54.9 Å². The molecule has 1 aromatic carbocycles. The van der Waals surface area contributed by atoms with Crippen molar-refractivity contribution in [2.75, 3.05) is 35.3 Å². The van der Waals surface area contributed by atoms with Crippen LogP contribution in [0.2, 0.25) is 0 Å². The molecule has 3 heterocycles. The number of benzene rings is 1. The van der Waals surface area contributed by atoms with Gasteiger partial charge in [0.1, 0.15) is 5.82 Å². The van der Waals surface area contributed by atoms with E-state index in [-0.39, 0.29) is 6.03 Å². The maximum Gasteiger partial charge on any atom is 0.327 e. The number of hydrogen-bond donors (Lipinski definition) is 1. The first-order chi connectivity index (χ1) is 14.0. The molecule has 2 amide bonds. The number of amides is 2. The van der Waals surface area contributed by atoms with E-state index in [0.29, 0.717) is 18.1 Å². The molecule has 1 aliphatic heterocycles. The molecule has 148 valence electrons. The molecular weight excluding hydrogens is 369 g/mol. The van der Waals surface area contributed by atoms with Crippen molar-refractivity contribution in [3.05, 3.63) is 66.2 Å². The van der Waals surface area contributed by atoms with Crippen molar-refractivity contribution >= 4 is 23.2 Å². The molecule has 1 aliphatic rings. The van der Waals surface area contributed by atoms with Crippen molar-refractivity contribution in [3.8, 4) is 11.3 Å². The highest BCUT2D eigenvalue weighted by Crippen LogP contribution is 2.33. The normalized spacial score (nSPS) is 13.6. The third kappa shape index (κ3) is 4.03. The zero-order valence-corrected chi connectivity index (χ0v) is 16.4. The fraction of sp³-hybridized carbons (Fsp3) is 0.227. The molecule has 29 heavy (non-hydrogen) atoms. The minimum absolute atomic E-state index is 0.309. The average molecular weight is 391 g/mol. The molecule has 0 unspecified atom stereocenters. The van der Waals surface area contributed by atoms with E-state index in [0.717, 1.165) is 41.7 Å². The smallest absolute Gasteiger partial charge is 0.327 e. The Morgan fingerprint density at radius 3 is 2.79 bits per heavy atom. The average Bonchev–Trinajstić information content (AvgIpc) is 2.86. The molecular formula is C22H22FN5O. The molecule has 6 nitrogen and oxygen atoms in total. The Hall–Kier alpha value is -3.48. The molecule has 0 radical (unpaired) electrons. The number of pyridine rings is 2. The second kappa shape index (κ2) is 7.87. The van der Waals surface area contributed by atoms with Gasteiger partial charge in [-0.2, -0.15) is 0 Å². The lowest BCUT2D eigenvalue weighted by Crippen LogP contribution is -2.36. The summed E-state index contributed by atoms with van der Waals surface area (Å²) in [7, 11) is 1.99. The van der Waals surface area contributed by atoms with Gasteiger partial charge >= 0.3 is 6.03 Å². The minimum atomic E-state index is -0.501. The third-order valence-corrected chi connectivity index (χ3v) is 4.91. The number of hydrogen-bond acceptors (Lipinski definition) is 4. The molecule has 0 aliphatic carbocycles. The third-order valence-electron chi connectivity index (χ3n) is 4.91. The van der Waals surface area contributed by atoms with Crippen LogP contribution in [-0.2, 0) is 0 Å². The number of rotatable bonds is 2. The molecule has 0 saturated carbocycles. The summed E-state index contributed by atoms with van der Waals surface area (Å²) in [5.74, 6) is 0.0875. The van der Waals surface area contributed by atoms with E-state index in [1.54, 1.807) is 4.90 Å². The van der Waals surface area contributed by atoms with Gasteiger partial charge in [-0.3, -0.25) is 9.88 Å². The van der Waals surface area contributed by atoms with Crippen LogP contribution in [0, 0.1) is 12.7 Å². The van der Waals surface area contributed by atoms with E-state index in [2.05, 4.69) is 21.3 Å². The predicted molar refractivity (Wildman–Crippen MR) is 113 cm³/mol. The molecule has 0 atom stereocenters. The van der Waals surface area contributed by atoms with Crippen molar-refractivity contribution in [2.24, 2.45) is 0 Å². The summed E-state index contributed by atoms with van der Waals surface area (Å²) >= 11 is 0. The Bertz CT molecular complexity index is 1050. The summed E-state index contributed by atoms with van der Waals surface area (Å²) in [4.78, 5) is 25.3. The number of aryl methyl sites for hydroxylation is 1. The Labute approximate surface area is 169 Å². The van der Waals surface area contributed by atoms with Crippen molar-refractivity contribution in [1.82, 2.24) is 9.97 Å². The van der Waals surface area contributed by atoms with Gasteiger partial charge in [-0.15, -0.1) is 0 Å². The number of anilines is 3. The molecule has 3 aromatic rings. The van der Waals surface area contributed by atoms with Gasteiger partial charge in [0.25, 0.3) is 0 Å². The fourth-order valence-corrected chi connectivity index (χ4v) is 3.46. The van der Waals surface area contributed by atoms with Crippen molar-refractivity contribution < 1.29 is 9.18 Å². The number of nitrogens with one attached hydrogen (secondary N) is 1. The van der Waals surface area contributed by atoms with Crippen molar-refractivity contribution in [3.63, 3.8) is 0 Å². The van der Waals surface area contributed by atoms with E-state index < -0.39 is 5.82 Å². The highest BCUT2D eigenvalue weighted by molar-refractivity contribution is 6.03. The van der Waals surface area contributed by atoms with Crippen LogP contribution in [0.3, 0.4) is 0 Å². The standard InChI is InChI=1S/C22H22FN5O/c1-15-5-3-6-16(11-15)19-7-8-20-21(26-19)28(10-4-9-27(20)2)22(29)25-18-12-17(23)13-24-14-18/h3,5-8,11-14H,4,9-10H2,1-2H3,(H,25,29). The lowest BCUT2D eigenvalue weighted by Gasteiger charge is -2.24.